The standard InChI is InChI=1S/C21H23Cl2N3O5/c1-21(2,3)31-20(29)25-15(19(28)30-4)10-12-8-9-16(24-11-12)26-18(27)17-13(22)6-5-7-14(17)23/h5-9,11,15H,10H2,1-4H3,(H,25,29)(H,24,26,27)/t15-/m0/s1. The summed E-state index contributed by atoms with van der Waals surface area (Å²) in [5.41, 5.74) is 0.0562. The molecule has 2 amide bonds. The number of amides is 2. The Balaban J connectivity index is 2.07. The van der Waals surface area contributed by atoms with Gasteiger partial charge in [-0.3, -0.25) is 4.79 Å². The highest BCUT2D eigenvalue weighted by Gasteiger charge is 2.25. The number of benzene rings is 1. The highest BCUT2D eigenvalue weighted by Crippen LogP contribution is 2.25. The number of methoxy groups -OCH3 is 1. The van der Waals surface area contributed by atoms with E-state index >= 15 is 0 Å². The second kappa shape index (κ2) is 10.5. The number of aromatic nitrogens is 1. The topological polar surface area (TPSA) is 107 Å². The molecule has 31 heavy (non-hydrogen) atoms. The van der Waals surface area contributed by atoms with E-state index in [4.69, 9.17) is 32.7 Å². The third-order valence-electron chi connectivity index (χ3n) is 3.87. The summed E-state index contributed by atoms with van der Waals surface area (Å²) in [5, 5.41) is 5.54. The molecule has 0 bridgehead atoms. The molecule has 2 rings (SSSR count). The molecule has 0 saturated heterocycles. The summed E-state index contributed by atoms with van der Waals surface area (Å²) in [7, 11) is 1.23. The molecule has 0 fully saturated rings. The number of hydrogen-bond acceptors (Lipinski definition) is 6. The smallest absolute Gasteiger partial charge is 0.408 e. The maximum Gasteiger partial charge on any atom is 0.408 e. The fourth-order valence-electron chi connectivity index (χ4n) is 2.53. The Bertz CT molecular complexity index is 938. The van der Waals surface area contributed by atoms with Gasteiger partial charge >= 0.3 is 12.1 Å². The van der Waals surface area contributed by atoms with Gasteiger partial charge in [-0.15, -0.1) is 0 Å². The lowest BCUT2D eigenvalue weighted by Crippen LogP contribution is -2.45. The molecule has 2 N–H and O–H groups in total. The Morgan fingerprint density at radius 1 is 1.10 bits per heavy atom. The number of nitrogens with one attached hydrogen (secondary N) is 2. The average molecular weight is 468 g/mol. The van der Waals surface area contributed by atoms with E-state index in [-0.39, 0.29) is 27.8 Å². The minimum Gasteiger partial charge on any atom is -0.467 e. The Morgan fingerprint density at radius 3 is 2.26 bits per heavy atom. The number of esters is 1. The monoisotopic (exact) mass is 467 g/mol. The van der Waals surface area contributed by atoms with Crippen LogP contribution < -0.4 is 10.6 Å². The number of ether oxygens (including phenoxy) is 2. The summed E-state index contributed by atoms with van der Waals surface area (Å²) in [5.74, 6) is -0.870. The molecule has 0 aliphatic carbocycles. The van der Waals surface area contributed by atoms with Crippen LogP contribution in [0, 0.1) is 0 Å². The number of anilines is 1. The maximum absolute atomic E-state index is 12.4. The molecule has 166 valence electrons. The number of pyridine rings is 1. The van der Waals surface area contributed by atoms with Crippen molar-refractivity contribution in [3.05, 3.63) is 57.7 Å². The van der Waals surface area contributed by atoms with Crippen molar-refractivity contribution in [3.63, 3.8) is 0 Å². The lowest BCUT2D eigenvalue weighted by Gasteiger charge is -2.22. The minimum atomic E-state index is -0.968. The lowest BCUT2D eigenvalue weighted by atomic mass is 10.1. The number of carbonyl (C=O) groups excluding carboxylic acids is 3. The van der Waals surface area contributed by atoms with E-state index in [0.717, 1.165) is 0 Å². The zero-order valence-corrected chi connectivity index (χ0v) is 19.0. The van der Waals surface area contributed by atoms with Gasteiger partial charge < -0.3 is 20.1 Å². The minimum absolute atomic E-state index is 0.115. The van der Waals surface area contributed by atoms with Crippen LogP contribution in [0.1, 0.15) is 36.7 Å². The summed E-state index contributed by atoms with van der Waals surface area (Å²) >= 11 is 12.1. The first-order chi connectivity index (χ1) is 14.5. The molecule has 1 aromatic heterocycles. The molecule has 10 heteroatoms. The van der Waals surface area contributed by atoms with E-state index in [1.807, 2.05) is 0 Å². The van der Waals surface area contributed by atoms with Crippen LogP contribution in [0.4, 0.5) is 10.6 Å². The molecule has 0 aliphatic rings. The van der Waals surface area contributed by atoms with E-state index in [2.05, 4.69) is 15.6 Å². The van der Waals surface area contributed by atoms with Gasteiger partial charge in [-0.05, 0) is 44.5 Å². The molecule has 8 nitrogen and oxygen atoms in total. The number of alkyl carbamates (subject to hydrolysis) is 1. The van der Waals surface area contributed by atoms with Crippen molar-refractivity contribution in [2.45, 2.75) is 38.8 Å². The van der Waals surface area contributed by atoms with Crippen molar-refractivity contribution in [2.24, 2.45) is 0 Å². The molecule has 0 saturated carbocycles. The zero-order valence-electron chi connectivity index (χ0n) is 17.5. The van der Waals surface area contributed by atoms with Crippen LogP contribution >= 0.6 is 23.2 Å². The first kappa shape index (κ1) is 24.4. The van der Waals surface area contributed by atoms with Crippen molar-refractivity contribution in [3.8, 4) is 0 Å². The van der Waals surface area contributed by atoms with Gasteiger partial charge in [-0.25, -0.2) is 14.6 Å². The van der Waals surface area contributed by atoms with Crippen LogP contribution in [0.2, 0.25) is 10.0 Å². The van der Waals surface area contributed by atoms with E-state index in [0.29, 0.717) is 5.56 Å². The van der Waals surface area contributed by atoms with Gasteiger partial charge in [0.1, 0.15) is 17.5 Å². The van der Waals surface area contributed by atoms with Crippen LogP contribution in [-0.2, 0) is 20.7 Å². The quantitative estimate of drug-likeness (QED) is 0.614. The Morgan fingerprint density at radius 2 is 1.74 bits per heavy atom. The van der Waals surface area contributed by atoms with Gasteiger partial charge in [-0.2, -0.15) is 0 Å². The molecular formula is C21H23Cl2N3O5. The number of nitrogens with zero attached hydrogens (tertiary/aromatic N) is 1. The Labute approximate surface area is 190 Å². The van der Waals surface area contributed by atoms with Gasteiger partial charge in [0.05, 0.1) is 22.7 Å². The van der Waals surface area contributed by atoms with E-state index < -0.39 is 29.6 Å². The first-order valence-electron chi connectivity index (χ1n) is 9.28. The molecule has 0 unspecified atom stereocenters. The third kappa shape index (κ3) is 7.41. The summed E-state index contributed by atoms with van der Waals surface area (Å²) in [6.07, 6.45) is 0.844. The zero-order chi connectivity index (χ0) is 23.2. The molecular weight excluding hydrogens is 445 g/mol. The van der Waals surface area contributed by atoms with Gasteiger partial charge in [0.25, 0.3) is 5.91 Å². The highest BCUT2D eigenvalue weighted by atomic mass is 35.5. The second-order valence-electron chi connectivity index (χ2n) is 7.53. The summed E-state index contributed by atoms with van der Waals surface area (Å²) < 4.78 is 9.93. The van der Waals surface area contributed by atoms with E-state index in [1.165, 1.54) is 13.3 Å². The predicted molar refractivity (Wildman–Crippen MR) is 118 cm³/mol. The van der Waals surface area contributed by atoms with Crippen molar-refractivity contribution in [1.82, 2.24) is 10.3 Å². The number of carbonyl (C=O) groups is 3. The summed E-state index contributed by atoms with van der Waals surface area (Å²) in [6.45, 7) is 5.14. The summed E-state index contributed by atoms with van der Waals surface area (Å²) in [6, 6.07) is 7.00. The largest absolute Gasteiger partial charge is 0.467 e. The molecule has 1 atom stereocenters. The number of halogens is 2. The molecule has 0 radical (unpaired) electrons. The summed E-state index contributed by atoms with van der Waals surface area (Å²) in [4.78, 5) is 40.7. The average Bonchev–Trinajstić information content (AvgIpc) is 2.66. The molecule has 1 aromatic carbocycles. The van der Waals surface area contributed by atoms with E-state index in [9.17, 15) is 14.4 Å². The number of rotatable bonds is 6. The Hall–Kier alpha value is -2.84. The van der Waals surface area contributed by atoms with Crippen molar-refractivity contribution >= 4 is 47.0 Å². The maximum atomic E-state index is 12.4. The molecule has 0 spiro atoms. The lowest BCUT2D eigenvalue weighted by molar-refractivity contribution is -0.143. The van der Waals surface area contributed by atoms with Crippen LogP contribution in [-0.4, -0.2) is 41.7 Å². The number of hydrogen-bond donors (Lipinski definition) is 2. The van der Waals surface area contributed by atoms with Crippen molar-refractivity contribution in [2.75, 3.05) is 12.4 Å². The molecule has 2 aromatic rings. The van der Waals surface area contributed by atoms with E-state index in [1.54, 1.807) is 51.1 Å². The fraction of sp³-hybridized carbons (Fsp3) is 0.333. The van der Waals surface area contributed by atoms with Crippen LogP contribution in [0.3, 0.4) is 0 Å². The molecule has 0 aliphatic heterocycles. The second-order valence-corrected chi connectivity index (χ2v) is 8.34. The van der Waals surface area contributed by atoms with Gasteiger partial charge in [0.15, 0.2) is 0 Å². The van der Waals surface area contributed by atoms with Crippen LogP contribution in [0.25, 0.3) is 0 Å². The SMILES string of the molecule is COC(=O)[C@H](Cc1ccc(NC(=O)c2c(Cl)cccc2Cl)nc1)NC(=O)OC(C)(C)C. The Kier molecular flexibility index (Phi) is 8.24. The predicted octanol–water partition coefficient (Wildman–Crippen LogP) is 4.25. The van der Waals surface area contributed by atoms with Gasteiger partial charge in [-0.1, -0.05) is 35.3 Å². The molecule has 1 heterocycles. The van der Waals surface area contributed by atoms with Crippen LogP contribution in [0.5, 0.6) is 0 Å². The normalized spacial score (nSPS) is 11.9. The van der Waals surface area contributed by atoms with Gasteiger partial charge in [0.2, 0.25) is 0 Å². The van der Waals surface area contributed by atoms with Gasteiger partial charge in [0, 0.05) is 12.6 Å². The highest BCUT2D eigenvalue weighted by molar-refractivity contribution is 6.40. The van der Waals surface area contributed by atoms with Crippen molar-refractivity contribution < 1.29 is 23.9 Å². The fourth-order valence-corrected chi connectivity index (χ4v) is 3.10. The third-order valence-corrected chi connectivity index (χ3v) is 4.50. The first-order valence-corrected chi connectivity index (χ1v) is 10.0. The van der Waals surface area contributed by atoms with Crippen molar-refractivity contribution in [1.29, 1.82) is 0 Å². The van der Waals surface area contributed by atoms with Crippen LogP contribution in [0.15, 0.2) is 36.5 Å².